The van der Waals surface area contributed by atoms with Gasteiger partial charge in [0.15, 0.2) is 17.3 Å². The van der Waals surface area contributed by atoms with E-state index in [1.54, 1.807) is 60.7 Å². The van der Waals surface area contributed by atoms with Gasteiger partial charge in [0.05, 0.1) is 48.4 Å². The summed E-state index contributed by atoms with van der Waals surface area (Å²) in [5.41, 5.74) is 3.53. The van der Waals surface area contributed by atoms with Crippen LogP contribution in [0.4, 0.5) is 0 Å². The van der Waals surface area contributed by atoms with Crippen molar-refractivity contribution in [2.75, 3.05) is 19.6 Å². The summed E-state index contributed by atoms with van der Waals surface area (Å²) >= 11 is 0. The fraction of sp³-hybridized carbons (Fsp3) is 0.107. The van der Waals surface area contributed by atoms with Gasteiger partial charge in [-0.05, 0) is 18.2 Å². The van der Waals surface area contributed by atoms with Crippen LogP contribution in [0.3, 0.4) is 0 Å². The fourth-order valence-corrected chi connectivity index (χ4v) is 5.04. The molecule has 0 spiro atoms. The van der Waals surface area contributed by atoms with Crippen LogP contribution in [0.25, 0.3) is 32.8 Å². The molecule has 0 saturated heterocycles. The number of rotatable bonds is 5. The van der Waals surface area contributed by atoms with Crippen LogP contribution in [-0.4, -0.2) is 40.8 Å². The fourth-order valence-electron chi connectivity index (χ4n) is 5.04. The largest absolute Gasteiger partial charge is 0.493 e. The standard InChI is InChI=1S/C28H20N4O6/c1-37-20-12-11-18-22-24(15-8-4-5-9-16(15)25(22)34)32(28(36)23(18)26(20)38-2)31-21(33)13-19-14-7-3-6-10-17(14)27(35)30-29-19/h3-12H,13H2,1-2H3,(H,30,35)(H,31,33). The zero-order valence-electron chi connectivity index (χ0n) is 20.3. The number of benzene rings is 3. The van der Waals surface area contributed by atoms with Crippen LogP contribution in [0.15, 0.2) is 70.3 Å². The molecule has 0 bridgehead atoms. The summed E-state index contributed by atoms with van der Waals surface area (Å²) in [7, 11) is 2.84. The van der Waals surface area contributed by atoms with Crippen molar-refractivity contribution in [3.8, 4) is 22.8 Å². The summed E-state index contributed by atoms with van der Waals surface area (Å²) in [5.74, 6) is -0.388. The molecule has 1 aliphatic carbocycles. The zero-order chi connectivity index (χ0) is 26.6. The molecule has 6 rings (SSSR count). The van der Waals surface area contributed by atoms with Gasteiger partial charge in [-0.25, -0.2) is 9.77 Å². The van der Waals surface area contributed by atoms with Crippen molar-refractivity contribution in [1.82, 2.24) is 14.9 Å². The van der Waals surface area contributed by atoms with Crippen LogP contribution in [0.5, 0.6) is 11.5 Å². The first-order chi connectivity index (χ1) is 18.4. The molecule has 0 fully saturated rings. The average Bonchev–Trinajstić information content (AvgIpc) is 3.24. The van der Waals surface area contributed by atoms with Crippen molar-refractivity contribution in [3.63, 3.8) is 0 Å². The van der Waals surface area contributed by atoms with E-state index >= 15 is 0 Å². The molecule has 10 nitrogen and oxygen atoms in total. The van der Waals surface area contributed by atoms with Gasteiger partial charge in [0, 0.05) is 21.9 Å². The van der Waals surface area contributed by atoms with Crippen LogP contribution in [0.1, 0.15) is 21.6 Å². The highest BCUT2D eigenvalue weighted by molar-refractivity contribution is 6.27. The SMILES string of the molecule is COc1ccc2c3c(n(NC(=O)Cc4n[nH]c(=O)c5ccccc45)c(=O)c2c1OC)-c1ccccc1C3=O. The van der Waals surface area contributed by atoms with Crippen molar-refractivity contribution in [1.29, 1.82) is 0 Å². The highest BCUT2D eigenvalue weighted by Gasteiger charge is 2.34. The van der Waals surface area contributed by atoms with Gasteiger partial charge in [-0.3, -0.25) is 24.6 Å². The van der Waals surface area contributed by atoms with E-state index in [0.717, 1.165) is 4.68 Å². The molecule has 0 saturated carbocycles. The molecule has 188 valence electrons. The van der Waals surface area contributed by atoms with Crippen molar-refractivity contribution in [3.05, 3.63) is 98.2 Å². The summed E-state index contributed by atoms with van der Waals surface area (Å²) in [6.45, 7) is 0. The third-order valence-corrected chi connectivity index (χ3v) is 6.69. The van der Waals surface area contributed by atoms with Crippen LogP contribution < -0.4 is 26.0 Å². The first-order valence-corrected chi connectivity index (χ1v) is 11.7. The second kappa shape index (κ2) is 8.70. The third-order valence-electron chi connectivity index (χ3n) is 6.69. The minimum atomic E-state index is -0.591. The smallest absolute Gasteiger partial charge is 0.281 e. The van der Waals surface area contributed by atoms with E-state index in [-0.39, 0.29) is 40.2 Å². The monoisotopic (exact) mass is 508 g/mol. The second-order valence-corrected chi connectivity index (χ2v) is 8.72. The van der Waals surface area contributed by atoms with Crippen molar-refractivity contribution < 1.29 is 19.1 Å². The number of fused-ring (bicyclic) bond motifs is 6. The van der Waals surface area contributed by atoms with Gasteiger partial charge in [0.25, 0.3) is 11.1 Å². The predicted molar refractivity (Wildman–Crippen MR) is 141 cm³/mol. The molecule has 0 unspecified atom stereocenters. The first kappa shape index (κ1) is 23.2. The number of methoxy groups -OCH3 is 2. The number of ketones is 1. The molecule has 0 atom stereocenters. The van der Waals surface area contributed by atoms with Gasteiger partial charge in [-0.1, -0.05) is 42.5 Å². The normalized spacial score (nSPS) is 11.9. The summed E-state index contributed by atoms with van der Waals surface area (Å²) in [5, 5.41) is 7.87. The highest BCUT2D eigenvalue weighted by atomic mass is 16.5. The first-order valence-electron chi connectivity index (χ1n) is 11.7. The minimum Gasteiger partial charge on any atom is -0.493 e. The molecule has 1 aliphatic rings. The van der Waals surface area contributed by atoms with E-state index in [1.165, 1.54) is 14.2 Å². The number of ether oxygens (including phenoxy) is 2. The highest BCUT2D eigenvalue weighted by Crippen LogP contribution is 2.42. The number of nitrogens with zero attached hydrogens (tertiary/aromatic N) is 2. The molecule has 2 N–H and O–H groups in total. The number of nitrogens with one attached hydrogen (secondary N) is 2. The number of pyridine rings is 1. The summed E-state index contributed by atoms with van der Waals surface area (Å²) in [6.07, 6.45) is -0.235. The van der Waals surface area contributed by atoms with Crippen molar-refractivity contribution >= 4 is 33.2 Å². The van der Waals surface area contributed by atoms with Gasteiger partial charge in [0.1, 0.15) is 0 Å². The molecule has 2 heterocycles. The Morgan fingerprint density at radius 1 is 0.895 bits per heavy atom. The number of hydrogen-bond acceptors (Lipinski definition) is 7. The van der Waals surface area contributed by atoms with E-state index in [1.807, 2.05) is 0 Å². The zero-order valence-corrected chi connectivity index (χ0v) is 20.3. The lowest BCUT2D eigenvalue weighted by Gasteiger charge is -2.18. The average molecular weight is 508 g/mol. The van der Waals surface area contributed by atoms with E-state index in [4.69, 9.17) is 9.47 Å². The molecule has 2 aromatic heterocycles. The molecule has 1 amide bonds. The maximum absolute atomic E-state index is 13.9. The van der Waals surface area contributed by atoms with Gasteiger partial charge in [-0.2, -0.15) is 5.10 Å². The Bertz CT molecular complexity index is 1940. The molecule has 5 aromatic rings. The quantitative estimate of drug-likeness (QED) is 0.366. The Hall–Kier alpha value is -5.25. The van der Waals surface area contributed by atoms with E-state index in [0.29, 0.717) is 38.7 Å². The molecular weight excluding hydrogens is 488 g/mol. The molecule has 3 aromatic carbocycles. The van der Waals surface area contributed by atoms with Gasteiger partial charge in [-0.15, -0.1) is 0 Å². The van der Waals surface area contributed by atoms with Crippen LogP contribution in [0, 0.1) is 0 Å². The Morgan fingerprint density at radius 2 is 1.61 bits per heavy atom. The number of amides is 1. The van der Waals surface area contributed by atoms with Crippen molar-refractivity contribution in [2.45, 2.75) is 6.42 Å². The lowest BCUT2D eigenvalue weighted by molar-refractivity contribution is -0.116. The molecule has 0 aliphatic heterocycles. The maximum Gasteiger partial charge on any atom is 0.281 e. The van der Waals surface area contributed by atoms with E-state index < -0.39 is 11.5 Å². The maximum atomic E-state index is 13.9. The molecular formula is C28H20N4O6. The number of hydrogen-bond donors (Lipinski definition) is 2. The summed E-state index contributed by atoms with van der Waals surface area (Å²) < 4.78 is 12.0. The lowest BCUT2D eigenvalue weighted by atomic mass is 10.0. The Balaban J connectivity index is 1.56. The molecule has 10 heteroatoms. The lowest BCUT2D eigenvalue weighted by Crippen LogP contribution is -2.36. The number of H-pyrrole nitrogens is 1. The van der Waals surface area contributed by atoms with Gasteiger partial charge < -0.3 is 9.47 Å². The number of carbonyl (C=O) groups excluding carboxylic acids is 2. The Morgan fingerprint density at radius 3 is 2.34 bits per heavy atom. The summed E-state index contributed by atoms with van der Waals surface area (Å²) in [4.78, 5) is 52.9. The number of aromatic nitrogens is 3. The topological polar surface area (TPSA) is 132 Å². The van der Waals surface area contributed by atoms with Crippen molar-refractivity contribution in [2.24, 2.45) is 0 Å². The van der Waals surface area contributed by atoms with Gasteiger partial charge >= 0.3 is 0 Å². The third kappa shape index (κ3) is 3.30. The number of carbonyl (C=O) groups is 2. The predicted octanol–water partition coefficient (Wildman–Crippen LogP) is 2.78. The van der Waals surface area contributed by atoms with E-state index in [9.17, 15) is 19.2 Å². The minimum absolute atomic E-state index is 0.0969. The van der Waals surface area contributed by atoms with Crippen LogP contribution in [-0.2, 0) is 11.2 Å². The summed E-state index contributed by atoms with van der Waals surface area (Å²) in [6, 6.07) is 17.0. The Labute approximate surface area is 214 Å². The molecule has 0 radical (unpaired) electrons. The van der Waals surface area contributed by atoms with Crippen LogP contribution in [0.2, 0.25) is 0 Å². The van der Waals surface area contributed by atoms with Crippen LogP contribution >= 0.6 is 0 Å². The Kier molecular flexibility index (Phi) is 5.30. The number of aromatic amines is 1. The second-order valence-electron chi connectivity index (χ2n) is 8.72. The van der Waals surface area contributed by atoms with E-state index in [2.05, 4.69) is 15.6 Å². The van der Waals surface area contributed by atoms with Gasteiger partial charge in [0.2, 0.25) is 5.91 Å². The molecule has 38 heavy (non-hydrogen) atoms.